The highest BCUT2D eigenvalue weighted by atomic mass is 32.1. The van der Waals surface area contributed by atoms with Crippen LogP contribution >= 0.6 is 11.3 Å². The number of anilines is 1. The molecule has 2 aromatic heterocycles. The van der Waals surface area contributed by atoms with E-state index in [1.165, 1.54) is 21.9 Å². The van der Waals surface area contributed by atoms with E-state index in [0.717, 1.165) is 44.0 Å². The number of aromatic nitrogens is 3. The van der Waals surface area contributed by atoms with Gasteiger partial charge in [0, 0.05) is 37.3 Å². The number of carbonyl (C=O) groups excluding carboxylic acids is 1. The molecule has 3 rings (SSSR count). The molecular formula is C15H21N5O2S. The van der Waals surface area contributed by atoms with Crippen molar-refractivity contribution in [2.45, 2.75) is 33.1 Å². The average molecular weight is 335 g/mol. The summed E-state index contributed by atoms with van der Waals surface area (Å²) in [7, 11) is 0. The molecule has 0 atom stereocenters. The summed E-state index contributed by atoms with van der Waals surface area (Å²) in [4.78, 5) is 31.1. The molecule has 1 fully saturated rings. The van der Waals surface area contributed by atoms with Crippen molar-refractivity contribution in [3.8, 4) is 0 Å². The zero-order valence-corrected chi connectivity index (χ0v) is 14.2. The Hall–Kier alpha value is -1.96. The zero-order valence-electron chi connectivity index (χ0n) is 13.4. The molecule has 1 amide bonds. The summed E-state index contributed by atoms with van der Waals surface area (Å²) >= 11 is 1.42. The third-order valence-corrected chi connectivity index (χ3v) is 5.02. The van der Waals surface area contributed by atoms with Crippen LogP contribution in [-0.2, 0) is 4.79 Å². The highest BCUT2D eigenvalue weighted by molar-refractivity contribution is 7.20. The lowest BCUT2D eigenvalue weighted by Crippen LogP contribution is -2.40. The molecule has 0 aliphatic carbocycles. The maximum absolute atomic E-state index is 12.0. The fraction of sp³-hybridized carbons (Fsp3) is 0.600. The van der Waals surface area contributed by atoms with Crippen LogP contribution in [-0.4, -0.2) is 40.1 Å². The van der Waals surface area contributed by atoms with Crippen molar-refractivity contribution in [1.29, 1.82) is 0 Å². The van der Waals surface area contributed by atoms with Crippen LogP contribution in [0.2, 0.25) is 0 Å². The summed E-state index contributed by atoms with van der Waals surface area (Å²) < 4.78 is 1.35. The number of rotatable bonds is 4. The molecule has 1 aliphatic heterocycles. The number of amides is 1. The Labute approximate surface area is 138 Å². The van der Waals surface area contributed by atoms with E-state index < -0.39 is 0 Å². The Morgan fingerprint density at radius 2 is 2.17 bits per heavy atom. The van der Waals surface area contributed by atoms with Crippen LogP contribution in [0.15, 0.2) is 10.9 Å². The molecule has 1 N–H and O–H groups in total. The summed E-state index contributed by atoms with van der Waals surface area (Å²) in [5, 5.41) is 8.15. The largest absolute Gasteiger partial charge is 0.356 e. The van der Waals surface area contributed by atoms with E-state index in [0.29, 0.717) is 10.7 Å². The second-order valence-electron chi connectivity index (χ2n) is 5.87. The Bertz CT molecular complexity index is 761. The van der Waals surface area contributed by atoms with Crippen molar-refractivity contribution in [1.82, 2.24) is 19.9 Å². The number of nitrogens with one attached hydrogen (secondary N) is 1. The number of nitrogens with zero attached hydrogens (tertiary/aromatic N) is 4. The van der Waals surface area contributed by atoms with Gasteiger partial charge in [-0.25, -0.2) is 4.98 Å². The SMILES string of the molecule is CCCNC(=O)C1CCN(c2nn3c(=O)cc(C)nc3s2)CC1. The van der Waals surface area contributed by atoms with Gasteiger partial charge in [-0.3, -0.25) is 9.59 Å². The summed E-state index contributed by atoms with van der Waals surface area (Å²) in [6.45, 7) is 6.15. The van der Waals surface area contributed by atoms with Crippen LogP contribution in [0.25, 0.3) is 4.96 Å². The third kappa shape index (κ3) is 3.36. The zero-order chi connectivity index (χ0) is 16.4. The van der Waals surface area contributed by atoms with Gasteiger partial charge in [0.1, 0.15) is 0 Å². The van der Waals surface area contributed by atoms with Crippen molar-refractivity contribution in [3.05, 3.63) is 22.1 Å². The molecule has 23 heavy (non-hydrogen) atoms. The molecule has 0 unspecified atom stereocenters. The first-order chi connectivity index (χ1) is 11.1. The lowest BCUT2D eigenvalue weighted by Gasteiger charge is -2.30. The van der Waals surface area contributed by atoms with Gasteiger partial charge in [-0.2, -0.15) is 4.52 Å². The predicted molar refractivity (Wildman–Crippen MR) is 90.1 cm³/mol. The van der Waals surface area contributed by atoms with Gasteiger partial charge in [0.2, 0.25) is 16.0 Å². The van der Waals surface area contributed by atoms with Crippen LogP contribution < -0.4 is 15.8 Å². The number of carbonyl (C=O) groups is 1. The van der Waals surface area contributed by atoms with Crippen molar-refractivity contribution in [2.24, 2.45) is 5.92 Å². The van der Waals surface area contributed by atoms with Gasteiger partial charge < -0.3 is 10.2 Å². The van der Waals surface area contributed by atoms with E-state index in [4.69, 9.17) is 0 Å². The fourth-order valence-electron chi connectivity index (χ4n) is 2.76. The number of piperidine rings is 1. The van der Waals surface area contributed by atoms with Crippen LogP contribution in [0, 0.1) is 12.8 Å². The molecule has 124 valence electrons. The van der Waals surface area contributed by atoms with Crippen LogP contribution in [0.3, 0.4) is 0 Å². The van der Waals surface area contributed by atoms with E-state index in [2.05, 4.69) is 20.3 Å². The normalized spacial score (nSPS) is 16.0. The first-order valence-corrected chi connectivity index (χ1v) is 8.80. The molecule has 8 heteroatoms. The number of fused-ring (bicyclic) bond motifs is 1. The molecule has 7 nitrogen and oxygen atoms in total. The minimum absolute atomic E-state index is 0.0790. The smallest absolute Gasteiger partial charge is 0.275 e. The van der Waals surface area contributed by atoms with Gasteiger partial charge in [-0.1, -0.05) is 18.3 Å². The molecule has 0 saturated carbocycles. The molecule has 0 aromatic carbocycles. The molecule has 2 aromatic rings. The van der Waals surface area contributed by atoms with Crippen molar-refractivity contribution in [3.63, 3.8) is 0 Å². The summed E-state index contributed by atoms with van der Waals surface area (Å²) in [6.07, 6.45) is 2.58. The van der Waals surface area contributed by atoms with Gasteiger partial charge >= 0.3 is 0 Å². The minimum Gasteiger partial charge on any atom is -0.356 e. The minimum atomic E-state index is -0.149. The Morgan fingerprint density at radius 1 is 1.43 bits per heavy atom. The monoisotopic (exact) mass is 335 g/mol. The topological polar surface area (TPSA) is 79.6 Å². The molecule has 0 spiro atoms. The molecule has 3 heterocycles. The number of hydrogen-bond acceptors (Lipinski definition) is 6. The van der Waals surface area contributed by atoms with Crippen molar-refractivity contribution < 1.29 is 4.79 Å². The van der Waals surface area contributed by atoms with Crippen LogP contribution in [0.4, 0.5) is 5.13 Å². The summed E-state index contributed by atoms with van der Waals surface area (Å²) in [6, 6.07) is 1.49. The highest BCUT2D eigenvalue weighted by Crippen LogP contribution is 2.26. The van der Waals surface area contributed by atoms with Crippen molar-refractivity contribution >= 4 is 27.3 Å². The predicted octanol–water partition coefficient (Wildman–Crippen LogP) is 1.20. The third-order valence-electron chi connectivity index (χ3n) is 4.05. The van der Waals surface area contributed by atoms with Crippen LogP contribution in [0.5, 0.6) is 0 Å². The molecule has 0 bridgehead atoms. The second kappa shape index (κ2) is 6.66. The average Bonchev–Trinajstić information content (AvgIpc) is 2.97. The molecule has 0 radical (unpaired) electrons. The molecular weight excluding hydrogens is 314 g/mol. The van der Waals surface area contributed by atoms with E-state index in [9.17, 15) is 9.59 Å². The van der Waals surface area contributed by atoms with Crippen molar-refractivity contribution in [2.75, 3.05) is 24.5 Å². The van der Waals surface area contributed by atoms with Gasteiger partial charge in [0.05, 0.1) is 0 Å². The summed E-state index contributed by atoms with van der Waals surface area (Å²) in [5.41, 5.74) is 0.556. The Kier molecular flexibility index (Phi) is 4.61. The maximum Gasteiger partial charge on any atom is 0.275 e. The standard InChI is InChI=1S/C15H21N5O2S/c1-3-6-16-13(22)11-4-7-19(8-5-11)15-18-20-12(21)9-10(2)17-14(20)23-15/h9,11H,3-8H2,1-2H3,(H,16,22). The summed E-state index contributed by atoms with van der Waals surface area (Å²) in [5.74, 6) is 0.236. The quantitative estimate of drug-likeness (QED) is 0.908. The molecule has 1 saturated heterocycles. The number of hydrogen-bond donors (Lipinski definition) is 1. The van der Waals surface area contributed by atoms with Gasteiger partial charge in [0.25, 0.3) is 5.56 Å². The van der Waals surface area contributed by atoms with E-state index in [1.807, 2.05) is 6.92 Å². The maximum atomic E-state index is 12.0. The lowest BCUT2D eigenvalue weighted by molar-refractivity contribution is -0.125. The Morgan fingerprint density at radius 3 is 2.87 bits per heavy atom. The Balaban J connectivity index is 1.69. The first kappa shape index (κ1) is 15.9. The second-order valence-corrected chi connectivity index (χ2v) is 6.80. The first-order valence-electron chi connectivity index (χ1n) is 7.98. The van der Waals surface area contributed by atoms with Crippen LogP contribution in [0.1, 0.15) is 31.9 Å². The van der Waals surface area contributed by atoms with E-state index in [1.54, 1.807) is 6.92 Å². The fourth-order valence-corrected chi connectivity index (χ4v) is 3.77. The van der Waals surface area contributed by atoms with E-state index in [-0.39, 0.29) is 17.4 Å². The van der Waals surface area contributed by atoms with E-state index >= 15 is 0 Å². The lowest BCUT2D eigenvalue weighted by atomic mass is 9.96. The van der Waals surface area contributed by atoms with Gasteiger partial charge in [-0.05, 0) is 26.2 Å². The highest BCUT2D eigenvalue weighted by Gasteiger charge is 2.26. The van der Waals surface area contributed by atoms with Gasteiger partial charge in [0.15, 0.2) is 0 Å². The van der Waals surface area contributed by atoms with Gasteiger partial charge in [-0.15, -0.1) is 5.10 Å². The number of aryl methyl sites for hydroxylation is 1. The molecule has 1 aliphatic rings.